The van der Waals surface area contributed by atoms with Crippen LogP contribution in [0.2, 0.25) is 0 Å². The van der Waals surface area contributed by atoms with Gasteiger partial charge in [-0.2, -0.15) is 5.01 Å². The summed E-state index contributed by atoms with van der Waals surface area (Å²) < 4.78 is 0. The van der Waals surface area contributed by atoms with E-state index in [1.54, 1.807) is 6.08 Å². The highest BCUT2D eigenvalue weighted by Gasteiger charge is 2.36. The van der Waals surface area contributed by atoms with E-state index in [1.807, 2.05) is 37.3 Å². The van der Waals surface area contributed by atoms with Gasteiger partial charge in [0, 0.05) is 6.08 Å². The third kappa shape index (κ3) is 1.86. The van der Waals surface area contributed by atoms with Gasteiger partial charge in [-0.1, -0.05) is 30.3 Å². The highest BCUT2D eigenvalue weighted by molar-refractivity contribution is 6.05. The van der Waals surface area contributed by atoms with Crippen molar-refractivity contribution in [3.63, 3.8) is 0 Å². The Balaban J connectivity index is 2.02. The van der Waals surface area contributed by atoms with Gasteiger partial charge in [-0.3, -0.25) is 0 Å². The molecule has 0 radical (unpaired) electrons. The molecule has 0 saturated heterocycles. The van der Waals surface area contributed by atoms with Gasteiger partial charge in [0.05, 0.1) is 0 Å². The fourth-order valence-electron chi connectivity index (χ4n) is 2.17. The van der Waals surface area contributed by atoms with Crippen LogP contribution in [0.25, 0.3) is 0 Å². The van der Waals surface area contributed by atoms with Gasteiger partial charge in [-0.15, -0.1) is 5.10 Å². The number of rotatable bonds is 2. The normalized spacial score (nSPS) is 25.2. The lowest BCUT2D eigenvalue weighted by molar-refractivity contribution is 0.264. The van der Waals surface area contributed by atoms with Crippen LogP contribution in [-0.4, -0.2) is 33.6 Å². The largest absolute Gasteiger partial charge is 0.493 e. The standard InChI is InChI=1S/C13H14N4O2/c1-13(9-5-3-2-4-6-9)7-11(19)17-12(15-13)14-10(8-18)16-17/h2-7,18-19H,8H2,1H3,(H,14,15,16). The molecule has 2 heterocycles. The zero-order chi connectivity index (χ0) is 13.5. The minimum atomic E-state index is -0.662. The van der Waals surface area contributed by atoms with Crippen LogP contribution in [0.4, 0.5) is 0 Å². The molecule has 3 N–H and O–H groups in total. The average Bonchev–Trinajstić information content (AvgIpc) is 2.83. The second kappa shape index (κ2) is 4.10. The van der Waals surface area contributed by atoms with Crippen LogP contribution < -0.4 is 5.32 Å². The molecule has 0 spiro atoms. The summed E-state index contributed by atoms with van der Waals surface area (Å²) in [5.41, 5.74) is 0.304. The summed E-state index contributed by atoms with van der Waals surface area (Å²) >= 11 is 0. The molecule has 1 aromatic carbocycles. The van der Waals surface area contributed by atoms with Crippen LogP contribution in [0.15, 0.2) is 52.4 Å². The van der Waals surface area contributed by atoms with Gasteiger partial charge < -0.3 is 15.5 Å². The van der Waals surface area contributed by atoms with Crippen LogP contribution in [0.1, 0.15) is 12.5 Å². The molecule has 2 aliphatic heterocycles. The Morgan fingerprint density at radius 2 is 2.05 bits per heavy atom. The molecule has 0 bridgehead atoms. The molecule has 0 saturated carbocycles. The molecule has 19 heavy (non-hydrogen) atoms. The second-order valence-corrected chi connectivity index (χ2v) is 4.59. The molecule has 0 amide bonds. The van der Waals surface area contributed by atoms with Gasteiger partial charge in [0.15, 0.2) is 5.84 Å². The molecular weight excluding hydrogens is 244 g/mol. The summed E-state index contributed by atoms with van der Waals surface area (Å²) in [7, 11) is 0. The minimum Gasteiger partial charge on any atom is -0.493 e. The fourth-order valence-corrected chi connectivity index (χ4v) is 2.17. The number of hydrazone groups is 1. The van der Waals surface area contributed by atoms with Crippen molar-refractivity contribution in [2.24, 2.45) is 10.1 Å². The summed E-state index contributed by atoms with van der Waals surface area (Å²) in [6, 6.07) is 9.68. The molecule has 0 aromatic heterocycles. The summed E-state index contributed by atoms with van der Waals surface area (Å²) in [5.74, 6) is 0.763. The molecule has 0 aliphatic carbocycles. The van der Waals surface area contributed by atoms with Crippen molar-refractivity contribution in [2.75, 3.05) is 6.61 Å². The molecule has 6 nitrogen and oxygen atoms in total. The van der Waals surface area contributed by atoms with Gasteiger partial charge in [-0.05, 0) is 12.5 Å². The summed E-state index contributed by atoms with van der Waals surface area (Å²) in [5, 5.41) is 27.3. The van der Waals surface area contributed by atoms with Gasteiger partial charge in [-0.25, -0.2) is 4.99 Å². The lowest BCUT2D eigenvalue weighted by Crippen LogP contribution is -2.39. The van der Waals surface area contributed by atoms with Gasteiger partial charge in [0.2, 0.25) is 11.8 Å². The Labute approximate surface area is 110 Å². The van der Waals surface area contributed by atoms with E-state index < -0.39 is 5.54 Å². The van der Waals surface area contributed by atoms with Crippen LogP contribution in [0, 0.1) is 0 Å². The first-order chi connectivity index (χ1) is 9.12. The van der Waals surface area contributed by atoms with Crippen molar-refractivity contribution in [2.45, 2.75) is 12.5 Å². The summed E-state index contributed by atoms with van der Waals surface area (Å²) in [4.78, 5) is 4.56. The Morgan fingerprint density at radius 3 is 2.74 bits per heavy atom. The molecule has 1 aromatic rings. The molecule has 98 valence electrons. The molecule has 6 heteroatoms. The SMILES string of the molecule is CC1(c2ccccc2)C=C(O)N2N=C(CO)NC2=N1. The highest BCUT2D eigenvalue weighted by atomic mass is 16.3. The maximum Gasteiger partial charge on any atom is 0.229 e. The van der Waals surface area contributed by atoms with E-state index in [2.05, 4.69) is 15.4 Å². The molecule has 1 unspecified atom stereocenters. The van der Waals surface area contributed by atoms with Gasteiger partial charge in [0.25, 0.3) is 0 Å². The fraction of sp³-hybridized carbons (Fsp3) is 0.231. The zero-order valence-electron chi connectivity index (χ0n) is 10.4. The van der Waals surface area contributed by atoms with Crippen LogP contribution in [0.3, 0.4) is 0 Å². The van der Waals surface area contributed by atoms with Crippen molar-refractivity contribution in [1.29, 1.82) is 0 Å². The minimum absolute atomic E-state index is 0.00713. The van der Waals surface area contributed by atoms with Crippen LogP contribution >= 0.6 is 0 Å². The molecule has 3 rings (SSSR count). The Bertz CT molecular complexity index is 594. The Kier molecular flexibility index (Phi) is 2.53. The maximum absolute atomic E-state index is 10.1. The van der Waals surface area contributed by atoms with Crippen LogP contribution in [0.5, 0.6) is 0 Å². The van der Waals surface area contributed by atoms with E-state index in [0.29, 0.717) is 11.8 Å². The van der Waals surface area contributed by atoms with E-state index in [1.165, 1.54) is 5.01 Å². The summed E-state index contributed by atoms with van der Waals surface area (Å²) in [6.45, 7) is 1.67. The topological polar surface area (TPSA) is 80.5 Å². The van der Waals surface area contributed by atoms with Crippen molar-refractivity contribution >= 4 is 11.8 Å². The number of nitrogens with one attached hydrogen (secondary N) is 1. The maximum atomic E-state index is 10.1. The van der Waals surface area contributed by atoms with Crippen molar-refractivity contribution < 1.29 is 10.2 Å². The first-order valence-corrected chi connectivity index (χ1v) is 5.95. The third-order valence-electron chi connectivity index (χ3n) is 3.15. The lowest BCUT2D eigenvalue weighted by atomic mass is 9.92. The number of aliphatic hydroxyl groups is 2. The number of aliphatic imine (C=N–C) groups is 1. The number of amidine groups is 1. The van der Waals surface area contributed by atoms with E-state index >= 15 is 0 Å². The number of nitrogens with zero attached hydrogens (tertiary/aromatic N) is 3. The average molecular weight is 258 g/mol. The Hall–Kier alpha value is -2.34. The Morgan fingerprint density at radius 1 is 1.32 bits per heavy atom. The number of hydrogen-bond acceptors (Lipinski definition) is 6. The quantitative estimate of drug-likeness (QED) is 0.735. The van der Waals surface area contributed by atoms with E-state index in [0.717, 1.165) is 5.56 Å². The van der Waals surface area contributed by atoms with Gasteiger partial charge in [0.1, 0.15) is 12.1 Å². The van der Waals surface area contributed by atoms with Crippen LogP contribution in [-0.2, 0) is 5.54 Å². The number of benzene rings is 1. The second-order valence-electron chi connectivity index (χ2n) is 4.59. The molecule has 0 fully saturated rings. The summed E-state index contributed by atoms with van der Waals surface area (Å²) in [6.07, 6.45) is 1.64. The van der Waals surface area contributed by atoms with Gasteiger partial charge >= 0.3 is 0 Å². The molecule has 2 aliphatic rings. The van der Waals surface area contributed by atoms with E-state index in [-0.39, 0.29) is 12.5 Å². The van der Waals surface area contributed by atoms with E-state index in [9.17, 15) is 5.11 Å². The monoisotopic (exact) mass is 258 g/mol. The van der Waals surface area contributed by atoms with E-state index in [4.69, 9.17) is 5.11 Å². The predicted molar refractivity (Wildman–Crippen MR) is 71.4 cm³/mol. The number of fused-ring (bicyclic) bond motifs is 1. The first kappa shape index (κ1) is 11.7. The highest BCUT2D eigenvalue weighted by Crippen LogP contribution is 2.32. The molecular formula is C13H14N4O2. The third-order valence-corrected chi connectivity index (χ3v) is 3.15. The number of hydrogen-bond donors (Lipinski definition) is 3. The number of aliphatic hydroxyl groups excluding tert-OH is 2. The van der Waals surface area contributed by atoms with Crippen molar-refractivity contribution in [1.82, 2.24) is 10.3 Å². The predicted octanol–water partition coefficient (Wildman–Crippen LogP) is 0.882. The van der Waals surface area contributed by atoms with Crippen molar-refractivity contribution in [3.8, 4) is 0 Å². The number of guanidine groups is 1. The lowest BCUT2D eigenvalue weighted by Gasteiger charge is -2.29. The van der Waals surface area contributed by atoms with Crippen molar-refractivity contribution in [3.05, 3.63) is 47.9 Å². The molecule has 1 atom stereocenters. The smallest absolute Gasteiger partial charge is 0.229 e. The zero-order valence-corrected chi connectivity index (χ0v) is 10.4. The first-order valence-electron chi connectivity index (χ1n) is 5.95.